The van der Waals surface area contributed by atoms with Crippen LogP contribution in [0.25, 0.3) is 0 Å². The summed E-state index contributed by atoms with van der Waals surface area (Å²) in [7, 11) is -2.33. The third kappa shape index (κ3) is 5.55. The summed E-state index contributed by atoms with van der Waals surface area (Å²) in [6, 6.07) is 4.24. The molecule has 142 valence electrons. The Balaban J connectivity index is 0.00000312. The number of carbonyl (C=O) groups is 1. The van der Waals surface area contributed by atoms with Crippen molar-refractivity contribution in [2.75, 3.05) is 38.7 Å². The Kier molecular flexibility index (Phi) is 8.10. The summed E-state index contributed by atoms with van der Waals surface area (Å²) in [6.45, 7) is 3.00. The summed E-state index contributed by atoms with van der Waals surface area (Å²) in [6.07, 6.45) is 0.150. The number of anilines is 1. The molecule has 0 radical (unpaired) electrons. The highest BCUT2D eigenvalue weighted by atomic mass is 35.5. The molecule has 1 fully saturated rings. The quantitative estimate of drug-likeness (QED) is 0.740. The number of methoxy groups -OCH3 is 1. The molecule has 3 N–H and O–H groups in total. The highest BCUT2D eigenvalue weighted by Gasteiger charge is 2.29. The molecular formula is C15H24ClN3O5S. The number of halogens is 1. The molecule has 2 rings (SSSR count). The first kappa shape index (κ1) is 21.7. The minimum absolute atomic E-state index is 0. The molecular weight excluding hydrogens is 370 g/mol. The molecule has 0 spiro atoms. The number of amides is 1. The largest absolute Gasteiger partial charge is 0.495 e. The molecule has 0 bridgehead atoms. The highest BCUT2D eigenvalue weighted by Crippen LogP contribution is 2.30. The first-order valence-corrected chi connectivity index (χ1v) is 9.10. The van der Waals surface area contributed by atoms with Crippen molar-refractivity contribution >= 4 is 34.0 Å². The second-order valence-electron chi connectivity index (χ2n) is 5.61. The fourth-order valence-electron chi connectivity index (χ4n) is 2.39. The molecule has 1 amide bonds. The predicted octanol–water partition coefficient (Wildman–Crippen LogP) is 0.814. The molecule has 8 nitrogen and oxygen atoms in total. The van der Waals surface area contributed by atoms with Gasteiger partial charge in [-0.1, -0.05) is 0 Å². The first-order chi connectivity index (χ1) is 11.3. The van der Waals surface area contributed by atoms with Crippen molar-refractivity contribution in [1.82, 2.24) is 4.31 Å². The fourth-order valence-corrected chi connectivity index (χ4v) is 3.98. The van der Waals surface area contributed by atoms with Crippen LogP contribution < -0.4 is 15.8 Å². The van der Waals surface area contributed by atoms with Gasteiger partial charge < -0.3 is 20.5 Å². The normalized spacial score (nSPS) is 16.6. The van der Waals surface area contributed by atoms with Gasteiger partial charge in [-0.2, -0.15) is 4.31 Å². The number of carbonyl (C=O) groups excluding carboxylic acids is 1. The molecule has 10 heteroatoms. The van der Waals surface area contributed by atoms with Crippen LogP contribution in [0.1, 0.15) is 13.3 Å². The Labute approximate surface area is 154 Å². The number of rotatable bonds is 6. The number of nitrogens with zero attached hydrogens (tertiary/aromatic N) is 1. The maximum Gasteiger partial charge on any atom is 0.246 e. The van der Waals surface area contributed by atoms with E-state index in [4.69, 9.17) is 15.2 Å². The van der Waals surface area contributed by atoms with Gasteiger partial charge in [-0.3, -0.25) is 4.79 Å². The second-order valence-corrected chi connectivity index (χ2v) is 7.52. The van der Waals surface area contributed by atoms with Crippen molar-refractivity contribution < 1.29 is 22.7 Å². The zero-order valence-corrected chi connectivity index (χ0v) is 15.9. The van der Waals surface area contributed by atoms with Gasteiger partial charge in [-0.15, -0.1) is 12.4 Å². The van der Waals surface area contributed by atoms with Gasteiger partial charge in [-0.05, 0) is 25.1 Å². The van der Waals surface area contributed by atoms with Crippen molar-refractivity contribution in [2.45, 2.75) is 24.3 Å². The molecule has 1 aliphatic heterocycles. The third-order valence-corrected chi connectivity index (χ3v) is 5.46. The van der Waals surface area contributed by atoms with Crippen LogP contribution in [-0.2, 0) is 19.6 Å². The van der Waals surface area contributed by atoms with E-state index in [1.807, 2.05) is 0 Å². The molecule has 0 aliphatic carbocycles. The van der Waals surface area contributed by atoms with Crippen molar-refractivity contribution in [2.24, 2.45) is 5.73 Å². The van der Waals surface area contributed by atoms with E-state index in [2.05, 4.69) is 5.32 Å². The minimum Gasteiger partial charge on any atom is -0.495 e. The maximum absolute atomic E-state index is 12.8. The van der Waals surface area contributed by atoms with Crippen LogP contribution in [0.2, 0.25) is 0 Å². The second kappa shape index (κ2) is 9.35. The van der Waals surface area contributed by atoms with E-state index < -0.39 is 10.0 Å². The van der Waals surface area contributed by atoms with Crippen LogP contribution in [0.5, 0.6) is 5.75 Å². The van der Waals surface area contributed by atoms with E-state index in [0.717, 1.165) is 0 Å². The van der Waals surface area contributed by atoms with Gasteiger partial charge in [-0.25, -0.2) is 8.42 Å². The monoisotopic (exact) mass is 393 g/mol. The summed E-state index contributed by atoms with van der Waals surface area (Å²) >= 11 is 0. The average molecular weight is 394 g/mol. The number of sulfonamides is 1. The van der Waals surface area contributed by atoms with E-state index in [0.29, 0.717) is 18.9 Å². The standard InChI is InChI=1S/C15H23N3O5S.ClH/c1-11(16)9-15(19)17-12-3-4-13(22-2)14(10-12)24(20,21)18-5-7-23-8-6-18;/h3-4,10-11H,5-9,16H2,1-2H3,(H,17,19);1H. The Morgan fingerprint density at radius 3 is 2.60 bits per heavy atom. The number of benzene rings is 1. The zero-order valence-electron chi connectivity index (χ0n) is 14.2. The lowest BCUT2D eigenvalue weighted by molar-refractivity contribution is -0.116. The zero-order chi connectivity index (χ0) is 17.7. The average Bonchev–Trinajstić information content (AvgIpc) is 2.54. The van der Waals surface area contributed by atoms with Gasteiger partial charge in [0.1, 0.15) is 10.6 Å². The molecule has 1 atom stereocenters. The number of nitrogens with one attached hydrogen (secondary N) is 1. The lowest BCUT2D eigenvalue weighted by atomic mass is 10.2. The van der Waals surface area contributed by atoms with Gasteiger partial charge in [0.2, 0.25) is 15.9 Å². The molecule has 1 aliphatic rings. The first-order valence-electron chi connectivity index (χ1n) is 7.66. The number of hydrogen-bond donors (Lipinski definition) is 2. The SMILES string of the molecule is COc1ccc(NC(=O)CC(C)N)cc1S(=O)(=O)N1CCOCC1.Cl. The lowest BCUT2D eigenvalue weighted by Crippen LogP contribution is -2.40. The van der Waals surface area contributed by atoms with Crippen LogP contribution >= 0.6 is 12.4 Å². The fraction of sp³-hybridized carbons (Fsp3) is 0.533. The predicted molar refractivity (Wildman–Crippen MR) is 96.7 cm³/mol. The maximum atomic E-state index is 12.8. The molecule has 1 saturated heterocycles. The number of ether oxygens (including phenoxy) is 2. The third-order valence-electron chi connectivity index (χ3n) is 3.54. The van der Waals surface area contributed by atoms with E-state index in [9.17, 15) is 13.2 Å². The molecule has 25 heavy (non-hydrogen) atoms. The van der Waals surface area contributed by atoms with Gasteiger partial charge >= 0.3 is 0 Å². The van der Waals surface area contributed by atoms with E-state index >= 15 is 0 Å². The summed E-state index contributed by atoms with van der Waals surface area (Å²) in [5.41, 5.74) is 5.98. The number of morpholine rings is 1. The van der Waals surface area contributed by atoms with Crippen LogP contribution in [-0.4, -0.2) is 58.1 Å². The van der Waals surface area contributed by atoms with E-state index in [1.165, 1.54) is 23.5 Å². The van der Waals surface area contributed by atoms with Crippen LogP contribution in [0.3, 0.4) is 0 Å². The van der Waals surface area contributed by atoms with Crippen LogP contribution in [0.4, 0.5) is 5.69 Å². The summed E-state index contributed by atoms with van der Waals surface area (Å²) in [5, 5.41) is 2.66. The Hall–Kier alpha value is -1.39. The van der Waals surface area contributed by atoms with Gasteiger partial charge in [0, 0.05) is 31.2 Å². The lowest BCUT2D eigenvalue weighted by Gasteiger charge is -2.26. The molecule has 1 aromatic rings. The van der Waals surface area contributed by atoms with Gasteiger partial charge in [0.15, 0.2) is 0 Å². The molecule has 0 aromatic heterocycles. The van der Waals surface area contributed by atoms with Crippen molar-refractivity contribution in [3.8, 4) is 5.75 Å². The summed E-state index contributed by atoms with van der Waals surface area (Å²) in [4.78, 5) is 11.9. The summed E-state index contributed by atoms with van der Waals surface area (Å²) in [5.74, 6) is -0.0448. The number of hydrogen-bond acceptors (Lipinski definition) is 6. The van der Waals surface area contributed by atoms with Crippen LogP contribution in [0, 0.1) is 0 Å². The van der Waals surface area contributed by atoms with Gasteiger partial charge in [0.25, 0.3) is 0 Å². The minimum atomic E-state index is -3.73. The van der Waals surface area contributed by atoms with Crippen molar-refractivity contribution in [1.29, 1.82) is 0 Å². The van der Waals surface area contributed by atoms with E-state index in [-0.39, 0.29) is 54.5 Å². The number of nitrogens with two attached hydrogens (primary N) is 1. The summed E-state index contributed by atoms with van der Waals surface area (Å²) < 4.78 is 37.4. The topological polar surface area (TPSA) is 111 Å². The van der Waals surface area contributed by atoms with Crippen molar-refractivity contribution in [3.05, 3.63) is 18.2 Å². The molecule has 1 heterocycles. The Morgan fingerprint density at radius 1 is 1.40 bits per heavy atom. The van der Waals surface area contributed by atoms with Crippen LogP contribution in [0.15, 0.2) is 23.1 Å². The Bertz CT molecular complexity index is 690. The van der Waals surface area contributed by atoms with E-state index in [1.54, 1.807) is 13.0 Å². The molecule has 1 unspecified atom stereocenters. The van der Waals surface area contributed by atoms with Crippen molar-refractivity contribution in [3.63, 3.8) is 0 Å². The Morgan fingerprint density at radius 2 is 2.04 bits per heavy atom. The molecule has 0 saturated carbocycles. The highest BCUT2D eigenvalue weighted by molar-refractivity contribution is 7.89. The van der Waals surface area contributed by atoms with Gasteiger partial charge in [0.05, 0.1) is 20.3 Å². The molecule has 1 aromatic carbocycles. The smallest absolute Gasteiger partial charge is 0.246 e.